The molecule has 0 aliphatic rings. The molecule has 7 atom stereocenters. The molecule has 1 unspecified atom stereocenters. The number of carboxylic acid groups (broad SMARTS) is 2. The molecule has 0 aromatic heterocycles. The molecule has 0 spiro atoms. The summed E-state index contributed by atoms with van der Waals surface area (Å²) in [5.74, 6) is -3.94. The first kappa shape index (κ1) is 88.2. The molecule has 0 saturated carbocycles. The third-order valence-corrected chi connectivity index (χ3v) is 16.0. The van der Waals surface area contributed by atoms with E-state index >= 15 is 0 Å². The summed E-state index contributed by atoms with van der Waals surface area (Å²) in [6.07, 6.45) is 0.0319. The van der Waals surface area contributed by atoms with Crippen molar-refractivity contribution in [1.29, 1.82) is 0 Å². The molecule has 14 N–H and O–H groups in total. The number of aliphatic hydroxyl groups is 3. The fourth-order valence-corrected chi connectivity index (χ4v) is 10.2. The maximum absolute atomic E-state index is 14.4. The van der Waals surface area contributed by atoms with Crippen molar-refractivity contribution in [3.8, 4) is 16.9 Å². The minimum Gasteiger partial charge on any atom is -0.494 e. The van der Waals surface area contributed by atoms with Crippen LogP contribution in [0.3, 0.4) is 0 Å². The number of carbonyl (C=O) groups is 8. The van der Waals surface area contributed by atoms with E-state index in [4.69, 9.17) is 53.6 Å². The number of ether oxygens (including phenoxy) is 9. The van der Waals surface area contributed by atoms with E-state index in [0.29, 0.717) is 136 Å². The number of aliphatic carboxylic acids is 2. The van der Waals surface area contributed by atoms with Crippen LogP contribution in [0.25, 0.3) is 11.1 Å². The summed E-state index contributed by atoms with van der Waals surface area (Å²) in [4.78, 5) is 107. The topological polar surface area (TPSA) is 431 Å². The summed E-state index contributed by atoms with van der Waals surface area (Å²) < 4.78 is 63.8. The normalized spacial score (nSPS) is 13.3. The number of hydrogen-bond acceptors (Lipinski definition) is 22. The van der Waals surface area contributed by atoms with E-state index in [1.807, 2.05) is 49.4 Å². The van der Waals surface area contributed by atoms with Gasteiger partial charge < -0.3 is 100 Å². The van der Waals surface area contributed by atoms with Crippen LogP contribution in [0, 0.1) is 11.7 Å². The molecule has 104 heavy (non-hydrogen) atoms. The van der Waals surface area contributed by atoms with Gasteiger partial charge in [-0.3, -0.25) is 44.8 Å². The number of aryl methyl sites for hydroxylation is 2. The molecule has 30 nitrogen and oxygen atoms in total. The molecule has 578 valence electrons. The van der Waals surface area contributed by atoms with Gasteiger partial charge in [-0.1, -0.05) is 86.6 Å². The third-order valence-electron chi connectivity index (χ3n) is 16.0. The Morgan fingerprint density at radius 3 is 1.58 bits per heavy atom. The molecule has 4 aromatic rings. The average Bonchev–Trinajstić information content (AvgIpc) is 0.821. The van der Waals surface area contributed by atoms with Crippen molar-refractivity contribution < 1.29 is 111 Å². The van der Waals surface area contributed by atoms with Gasteiger partial charge in [-0.25, -0.2) is 9.18 Å². The molecule has 6 amide bonds. The number of nitrogens with one attached hydrogen (secondary N) is 7. The Bertz CT molecular complexity index is 3150. The maximum Gasteiger partial charge on any atom is 0.326 e. The van der Waals surface area contributed by atoms with Gasteiger partial charge in [-0.15, -0.1) is 0 Å². The van der Waals surface area contributed by atoms with Gasteiger partial charge in [-0.2, -0.15) is 0 Å². The predicted molar refractivity (Wildman–Crippen MR) is 379 cm³/mol. The molecular weight excluding hydrogens is 1360 g/mol. The van der Waals surface area contributed by atoms with Crippen LogP contribution >= 0.6 is 0 Å². The summed E-state index contributed by atoms with van der Waals surface area (Å²) in [6.45, 7) is 11.0. The fourth-order valence-electron chi connectivity index (χ4n) is 10.2. The highest BCUT2D eigenvalue weighted by atomic mass is 19.1. The lowest BCUT2D eigenvalue weighted by Gasteiger charge is -2.27. The Morgan fingerprint density at radius 1 is 0.519 bits per heavy atom. The first-order chi connectivity index (χ1) is 50.3. The minimum absolute atomic E-state index is 0.0138. The molecule has 4 rings (SSSR count). The van der Waals surface area contributed by atoms with Gasteiger partial charge in [-0.05, 0) is 109 Å². The third kappa shape index (κ3) is 36.5. The highest BCUT2D eigenvalue weighted by Gasteiger charge is 2.35. The number of carbonyl (C=O) groups excluding carboxylic acids is 6. The number of aliphatic hydroxyl groups excluding tert-OH is 3. The summed E-state index contributed by atoms with van der Waals surface area (Å²) in [6, 6.07) is 17.2. The van der Waals surface area contributed by atoms with Gasteiger partial charge in [0.15, 0.2) is 0 Å². The molecule has 31 heteroatoms. The maximum atomic E-state index is 14.4. The average molecular weight is 1470 g/mol. The standard InChI is InChI=1S/C73H107FN8O22/c1-4-55-46-58(104-27-8-7-25-77-75)22-23-59(55)56-20-18-53(19-21-56)45-62(79-70(91)63(47-66(87)88)80-71(92)64(49-84)81-72(93)67(51(3)85)82-68(89)50(2)44-57-11-5-6-12-60(57)74)69(90)78-61(73(94)95)13-9-10-52-14-16-54(17-15-52)48-76-65(86)24-28-96-30-32-98-34-36-100-38-40-102-42-43-103-41-39-101-37-35-99-33-31-97-29-26-83/h5-6,11-12,14-23,46,50-51,61-64,67,77,83-85H,4,7-10,13,24-45,47-49,75H2,1-3H3,(H,76,86)(H,78,90)(H,79,91)(H,80,92)(H,81,93)(H,82,89)(H,87,88)(H,94,95)/t50?,51-,61+,62+,63+,64+,67+/m1/s1. The lowest BCUT2D eigenvalue weighted by atomic mass is 9.95. The lowest BCUT2D eigenvalue weighted by molar-refractivity contribution is -0.143. The minimum atomic E-state index is -1.96. The summed E-state index contributed by atoms with van der Waals surface area (Å²) in [7, 11) is 0. The van der Waals surface area contributed by atoms with Crippen LogP contribution in [0.2, 0.25) is 0 Å². The Balaban J connectivity index is 1.29. The van der Waals surface area contributed by atoms with E-state index in [9.17, 15) is 63.2 Å². The molecular formula is C73H107FN8O22. The molecule has 0 saturated heterocycles. The fraction of sp³-hybridized carbons (Fsp3) is 0.562. The van der Waals surface area contributed by atoms with Crippen LogP contribution in [-0.4, -0.2) is 241 Å². The van der Waals surface area contributed by atoms with Crippen molar-refractivity contribution in [2.75, 3.05) is 132 Å². The van der Waals surface area contributed by atoms with E-state index in [-0.39, 0.29) is 63.3 Å². The Morgan fingerprint density at radius 2 is 1.04 bits per heavy atom. The van der Waals surface area contributed by atoms with Crippen LogP contribution in [0.15, 0.2) is 91.0 Å². The molecule has 0 radical (unpaired) electrons. The smallest absolute Gasteiger partial charge is 0.326 e. The zero-order chi connectivity index (χ0) is 75.7. The Labute approximate surface area is 606 Å². The number of amides is 6. The van der Waals surface area contributed by atoms with Crippen molar-refractivity contribution >= 4 is 47.4 Å². The number of rotatable bonds is 59. The van der Waals surface area contributed by atoms with Gasteiger partial charge in [0.05, 0.1) is 138 Å². The lowest BCUT2D eigenvalue weighted by Crippen LogP contribution is -2.61. The van der Waals surface area contributed by atoms with E-state index in [2.05, 4.69) is 37.3 Å². The van der Waals surface area contributed by atoms with E-state index in [0.717, 1.165) is 40.7 Å². The van der Waals surface area contributed by atoms with E-state index in [1.165, 1.54) is 32.0 Å². The Kier molecular flexibility index (Phi) is 44.8. The van der Waals surface area contributed by atoms with Gasteiger partial charge in [0, 0.05) is 31.8 Å². The van der Waals surface area contributed by atoms with Crippen molar-refractivity contribution in [3.63, 3.8) is 0 Å². The predicted octanol–water partition coefficient (Wildman–Crippen LogP) is 1.61. The van der Waals surface area contributed by atoms with Crippen LogP contribution in [0.1, 0.15) is 87.1 Å². The van der Waals surface area contributed by atoms with E-state index < -0.39 is 103 Å². The molecule has 0 aliphatic heterocycles. The number of hydrogen-bond donors (Lipinski definition) is 13. The second-order valence-corrected chi connectivity index (χ2v) is 24.2. The van der Waals surface area contributed by atoms with Crippen LogP contribution in [0.5, 0.6) is 5.75 Å². The molecule has 0 heterocycles. The second kappa shape index (κ2) is 52.7. The number of unbranched alkanes of at least 4 members (excludes halogenated alkanes) is 1. The van der Waals surface area contributed by atoms with Gasteiger partial charge in [0.25, 0.3) is 0 Å². The quantitative estimate of drug-likeness (QED) is 0.0170. The molecule has 0 aliphatic carbocycles. The molecule has 0 fully saturated rings. The first-order valence-electron chi connectivity index (χ1n) is 35.1. The zero-order valence-electron chi connectivity index (χ0n) is 59.8. The number of carboxylic acids is 2. The van der Waals surface area contributed by atoms with Gasteiger partial charge in [0.2, 0.25) is 35.4 Å². The number of benzene rings is 4. The molecule has 0 bridgehead atoms. The van der Waals surface area contributed by atoms with Gasteiger partial charge >= 0.3 is 11.9 Å². The number of hydrazine groups is 1. The van der Waals surface area contributed by atoms with Crippen molar-refractivity contribution in [2.45, 2.75) is 128 Å². The van der Waals surface area contributed by atoms with Crippen molar-refractivity contribution in [3.05, 3.63) is 125 Å². The zero-order valence-corrected chi connectivity index (χ0v) is 59.8. The Hall–Kier alpha value is -8.15. The summed E-state index contributed by atoms with van der Waals surface area (Å²) >= 11 is 0. The van der Waals surface area contributed by atoms with Crippen LogP contribution in [-0.2, 0) is 108 Å². The summed E-state index contributed by atoms with van der Waals surface area (Å²) in [5.41, 5.74) is 7.66. The van der Waals surface area contributed by atoms with Gasteiger partial charge in [0.1, 0.15) is 41.8 Å². The SMILES string of the molecule is CCc1cc(OCCCCNN)ccc1-c1ccc(C[C@H](NC(=O)[C@H](CC(=O)O)NC(=O)[C@H](CO)NC(=O)[C@@H](NC(=O)C(C)Cc2ccccc2F)[C@@H](C)O)C(=O)N[C@@H](CCCc2ccc(CNC(=O)CCOCCOCCOCCOCCOCCOCCOCCOCCO)cc2)C(=O)O)cc1. The van der Waals surface area contributed by atoms with E-state index in [1.54, 1.807) is 30.3 Å². The first-order valence-corrected chi connectivity index (χ1v) is 35.1. The molecule has 4 aromatic carbocycles. The highest BCUT2D eigenvalue weighted by Crippen LogP contribution is 2.29. The second-order valence-electron chi connectivity index (χ2n) is 24.2. The largest absolute Gasteiger partial charge is 0.494 e. The number of nitrogens with two attached hydrogens (primary N) is 1. The monoisotopic (exact) mass is 1470 g/mol. The highest BCUT2D eigenvalue weighted by molar-refractivity contribution is 5.97. The van der Waals surface area contributed by atoms with Crippen LogP contribution < -0.4 is 47.9 Å². The van der Waals surface area contributed by atoms with Crippen molar-refractivity contribution in [1.82, 2.24) is 37.3 Å². The summed E-state index contributed by atoms with van der Waals surface area (Å²) in [5, 5.41) is 64.5. The number of halogens is 1. The van der Waals surface area contributed by atoms with Crippen molar-refractivity contribution in [2.24, 2.45) is 11.8 Å². The van der Waals surface area contributed by atoms with Crippen LogP contribution in [0.4, 0.5) is 4.39 Å².